The van der Waals surface area contributed by atoms with E-state index in [0.717, 1.165) is 12.4 Å². The Morgan fingerprint density at radius 1 is 1.17 bits per heavy atom. The number of halogens is 4. The van der Waals surface area contributed by atoms with Crippen molar-refractivity contribution in [1.82, 2.24) is 25.2 Å². The van der Waals surface area contributed by atoms with E-state index in [1.165, 1.54) is 14.0 Å². The number of rotatable bonds is 6. The first-order valence-corrected chi connectivity index (χ1v) is 11.1. The van der Waals surface area contributed by atoms with Gasteiger partial charge in [0.25, 0.3) is 5.91 Å². The van der Waals surface area contributed by atoms with Gasteiger partial charge in [-0.1, -0.05) is 6.07 Å². The Hall–Kier alpha value is -3.34. The summed E-state index contributed by atoms with van der Waals surface area (Å²) in [5.74, 6) is -1.19. The van der Waals surface area contributed by atoms with Crippen LogP contribution in [0.3, 0.4) is 0 Å². The third-order valence-electron chi connectivity index (χ3n) is 6.21. The van der Waals surface area contributed by atoms with Crippen molar-refractivity contribution in [1.29, 1.82) is 0 Å². The van der Waals surface area contributed by atoms with Crippen molar-refractivity contribution in [3.05, 3.63) is 59.7 Å². The molecule has 0 aliphatic carbocycles. The fourth-order valence-electron chi connectivity index (χ4n) is 4.15. The molecular formula is C24H25F4N5O2. The Morgan fingerprint density at radius 2 is 1.86 bits per heavy atom. The number of likely N-dealkylation sites (tertiary alicyclic amines) is 1. The highest BCUT2D eigenvalue weighted by molar-refractivity contribution is 6.06. The van der Waals surface area contributed by atoms with Crippen LogP contribution in [0.4, 0.5) is 17.6 Å². The molecule has 4 rings (SSSR count). The number of carbonyl (C=O) groups is 1. The lowest BCUT2D eigenvalue weighted by Crippen LogP contribution is -2.45. The lowest BCUT2D eigenvalue weighted by molar-refractivity contribution is -0.145. The highest BCUT2D eigenvalue weighted by Crippen LogP contribution is 2.32. The average molecular weight is 491 g/mol. The summed E-state index contributed by atoms with van der Waals surface area (Å²) in [6.45, 7) is 2.38. The number of pyridine rings is 1. The Bertz CT molecular complexity index is 1190. The molecule has 186 valence electrons. The van der Waals surface area contributed by atoms with Gasteiger partial charge in [0.05, 0.1) is 18.7 Å². The Labute approximate surface area is 199 Å². The standard InChI is InChI=1S/C24H25F4N5O2/c1-23(25)8-10-33(11-9-23)19(15-12-30-22(31-13-15)24(26,27)28)14-29-21(34)17-4-3-5-18-16(17)6-7-20(32-18)35-2/h3-7,12-13,19H,8-11,14H2,1-2H3,(H,29,34). The lowest BCUT2D eigenvalue weighted by atomic mass is 9.93. The molecule has 1 saturated heterocycles. The molecule has 3 aromatic rings. The van der Waals surface area contributed by atoms with E-state index in [2.05, 4.69) is 20.3 Å². The molecule has 3 heterocycles. The van der Waals surface area contributed by atoms with Crippen molar-refractivity contribution in [2.24, 2.45) is 0 Å². The third kappa shape index (κ3) is 5.67. The summed E-state index contributed by atoms with van der Waals surface area (Å²) in [7, 11) is 1.50. The summed E-state index contributed by atoms with van der Waals surface area (Å²) in [6.07, 6.45) is -1.88. The molecule has 7 nitrogen and oxygen atoms in total. The van der Waals surface area contributed by atoms with Gasteiger partial charge in [-0.2, -0.15) is 13.2 Å². The van der Waals surface area contributed by atoms with Crippen LogP contribution in [0.2, 0.25) is 0 Å². The van der Waals surface area contributed by atoms with E-state index in [9.17, 15) is 22.4 Å². The number of alkyl halides is 4. The SMILES string of the molecule is COc1ccc2c(C(=O)NCC(c3cnc(C(F)(F)F)nc3)N3CCC(C)(F)CC3)cccc2n1. The molecule has 0 saturated carbocycles. The van der Waals surface area contributed by atoms with E-state index in [1.54, 1.807) is 30.3 Å². The fraction of sp³-hybridized carbons (Fsp3) is 0.417. The number of fused-ring (bicyclic) bond motifs is 1. The van der Waals surface area contributed by atoms with Crippen molar-refractivity contribution in [3.63, 3.8) is 0 Å². The normalized spacial score (nSPS) is 17.2. The topological polar surface area (TPSA) is 80.2 Å². The van der Waals surface area contributed by atoms with Gasteiger partial charge in [-0.05, 0) is 38.0 Å². The molecule has 1 atom stereocenters. The zero-order valence-corrected chi connectivity index (χ0v) is 19.3. The maximum Gasteiger partial charge on any atom is 0.451 e. The first kappa shape index (κ1) is 24.8. The molecule has 11 heteroatoms. The van der Waals surface area contributed by atoms with Crippen molar-refractivity contribution < 1.29 is 27.1 Å². The van der Waals surface area contributed by atoms with E-state index in [-0.39, 0.29) is 25.3 Å². The summed E-state index contributed by atoms with van der Waals surface area (Å²) < 4.78 is 58.3. The largest absolute Gasteiger partial charge is 0.481 e. The minimum absolute atomic E-state index is 0.0799. The van der Waals surface area contributed by atoms with Crippen molar-refractivity contribution in [2.45, 2.75) is 37.7 Å². The van der Waals surface area contributed by atoms with Gasteiger partial charge in [-0.3, -0.25) is 9.69 Å². The van der Waals surface area contributed by atoms with Gasteiger partial charge >= 0.3 is 6.18 Å². The molecular weight excluding hydrogens is 466 g/mol. The van der Waals surface area contributed by atoms with E-state index in [4.69, 9.17) is 4.74 Å². The predicted molar refractivity (Wildman–Crippen MR) is 121 cm³/mol. The van der Waals surface area contributed by atoms with E-state index >= 15 is 0 Å². The summed E-state index contributed by atoms with van der Waals surface area (Å²) in [5, 5.41) is 3.50. The maximum atomic E-state index is 14.4. The highest BCUT2D eigenvalue weighted by Gasteiger charge is 2.36. The first-order valence-electron chi connectivity index (χ1n) is 11.1. The number of nitrogens with one attached hydrogen (secondary N) is 1. The molecule has 1 N–H and O–H groups in total. The maximum absolute atomic E-state index is 14.4. The number of carbonyl (C=O) groups excluding carboxylic acids is 1. The molecule has 0 radical (unpaired) electrons. The molecule has 1 aliphatic rings. The van der Waals surface area contributed by atoms with Gasteiger partial charge < -0.3 is 10.1 Å². The van der Waals surface area contributed by atoms with Crippen LogP contribution in [-0.4, -0.2) is 58.2 Å². The van der Waals surface area contributed by atoms with Crippen LogP contribution in [0, 0.1) is 0 Å². The molecule has 1 amide bonds. The van der Waals surface area contributed by atoms with Crippen molar-refractivity contribution in [3.8, 4) is 5.88 Å². The van der Waals surface area contributed by atoms with E-state index in [0.29, 0.717) is 41.0 Å². The van der Waals surface area contributed by atoms with E-state index < -0.39 is 23.7 Å². The molecule has 2 aromatic heterocycles. The molecule has 1 aliphatic heterocycles. The number of hydrogen-bond donors (Lipinski definition) is 1. The average Bonchev–Trinajstić information content (AvgIpc) is 2.83. The van der Waals surface area contributed by atoms with E-state index in [1.807, 2.05) is 4.90 Å². The molecule has 1 fully saturated rings. The van der Waals surface area contributed by atoms with Gasteiger partial charge in [0, 0.05) is 54.6 Å². The number of benzene rings is 1. The van der Waals surface area contributed by atoms with Crippen LogP contribution in [0.1, 0.15) is 47.6 Å². The zero-order chi connectivity index (χ0) is 25.2. The smallest absolute Gasteiger partial charge is 0.451 e. The number of aromatic nitrogens is 3. The van der Waals surface area contributed by atoms with Gasteiger partial charge in [-0.15, -0.1) is 0 Å². The Balaban J connectivity index is 1.57. The molecule has 1 unspecified atom stereocenters. The van der Waals surface area contributed by atoms with Gasteiger partial charge in [0.2, 0.25) is 11.7 Å². The Kier molecular flexibility index (Phi) is 6.88. The minimum Gasteiger partial charge on any atom is -0.481 e. The monoisotopic (exact) mass is 491 g/mol. The third-order valence-corrected chi connectivity index (χ3v) is 6.21. The molecule has 1 aromatic carbocycles. The fourth-order valence-corrected chi connectivity index (χ4v) is 4.15. The second-order valence-corrected chi connectivity index (χ2v) is 8.74. The van der Waals surface area contributed by atoms with Gasteiger partial charge in [0.1, 0.15) is 5.67 Å². The first-order chi connectivity index (χ1) is 16.6. The van der Waals surface area contributed by atoms with Crippen LogP contribution < -0.4 is 10.1 Å². The lowest BCUT2D eigenvalue weighted by Gasteiger charge is -2.39. The second-order valence-electron chi connectivity index (χ2n) is 8.74. The summed E-state index contributed by atoms with van der Waals surface area (Å²) in [4.78, 5) is 26.3. The molecule has 0 bridgehead atoms. The van der Waals surface area contributed by atoms with Crippen LogP contribution in [-0.2, 0) is 6.18 Å². The molecule has 0 spiro atoms. The second kappa shape index (κ2) is 9.73. The number of nitrogens with zero attached hydrogens (tertiary/aromatic N) is 4. The summed E-state index contributed by atoms with van der Waals surface area (Å²) in [5.41, 5.74) is 0.0842. The van der Waals surface area contributed by atoms with Crippen LogP contribution in [0.5, 0.6) is 5.88 Å². The number of hydrogen-bond acceptors (Lipinski definition) is 6. The van der Waals surface area contributed by atoms with Crippen molar-refractivity contribution >= 4 is 16.8 Å². The van der Waals surface area contributed by atoms with Crippen LogP contribution >= 0.6 is 0 Å². The number of ether oxygens (including phenoxy) is 1. The van der Waals surface area contributed by atoms with Crippen LogP contribution in [0.15, 0.2) is 42.7 Å². The quantitative estimate of drug-likeness (QED) is 0.517. The number of piperidine rings is 1. The summed E-state index contributed by atoms with van der Waals surface area (Å²) >= 11 is 0. The zero-order valence-electron chi connectivity index (χ0n) is 19.3. The van der Waals surface area contributed by atoms with Crippen molar-refractivity contribution in [2.75, 3.05) is 26.7 Å². The number of methoxy groups -OCH3 is 1. The predicted octanol–water partition coefficient (Wildman–Crippen LogP) is 4.35. The van der Waals surface area contributed by atoms with Crippen LogP contribution in [0.25, 0.3) is 10.9 Å². The number of amides is 1. The Morgan fingerprint density at radius 3 is 2.49 bits per heavy atom. The summed E-state index contributed by atoms with van der Waals surface area (Å²) in [6, 6.07) is 8.01. The minimum atomic E-state index is -4.66. The molecule has 35 heavy (non-hydrogen) atoms. The van der Waals surface area contributed by atoms with Gasteiger partial charge in [0.15, 0.2) is 0 Å². The van der Waals surface area contributed by atoms with Gasteiger partial charge in [-0.25, -0.2) is 19.3 Å². The highest BCUT2D eigenvalue weighted by atomic mass is 19.4.